The van der Waals surface area contributed by atoms with Gasteiger partial charge in [-0.05, 0) is 17.8 Å². The van der Waals surface area contributed by atoms with Crippen LogP contribution in [0.2, 0.25) is 0 Å². The zero-order chi connectivity index (χ0) is 11.8. The molecule has 2 nitrogen and oxygen atoms in total. The first kappa shape index (κ1) is 12.5. The summed E-state index contributed by atoms with van der Waals surface area (Å²) in [5, 5.41) is 0. The van der Waals surface area contributed by atoms with Gasteiger partial charge in [0.2, 0.25) is 0 Å². The second-order valence-electron chi connectivity index (χ2n) is 5.41. The first-order valence-electron chi connectivity index (χ1n) is 5.53. The molecule has 0 spiro atoms. The lowest BCUT2D eigenvalue weighted by Gasteiger charge is -2.45. The summed E-state index contributed by atoms with van der Waals surface area (Å²) in [6, 6.07) is 0. The van der Waals surface area contributed by atoms with Crippen molar-refractivity contribution in [3.05, 3.63) is 0 Å². The fourth-order valence-corrected chi connectivity index (χ4v) is 2.60. The maximum absolute atomic E-state index is 13.8. The van der Waals surface area contributed by atoms with Crippen LogP contribution in [0.4, 0.5) is 4.39 Å². The van der Waals surface area contributed by atoms with Crippen molar-refractivity contribution in [1.29, 1.82) is 0 Å². The van der Waals surface area contributed by atoms with Crippen LogP contribution in [0.5, 0.6) is 0 Å². The van der Waals surface area contributed by atoms with Gasteiger partial charge in [-0.1, -0.05) is 27.7 Å². The van der Waals surface area contributed by atoms with Gasteiger partial charge in [0.15, 0.2) is 0 Å². The van der Waals surface area contributed by atoms with Gasteiger partial charge in [-0.15, -0.1) is 0 Å². The van der Waals surface area contributed by atoms with E-state index in [1.54, 1.807) is 6.92 Å². The van der Waals surface area contributed by atoms with Crippen molar-refractivity contribution in [3.8, 4) is 0 Å². The van der Waals surface area contributed by atoms with E-state index in [-0.39, 0.29) is 29.1 Å². The highest BCUT2D eigenvalue weighted by atomic mass is 19.1. The summed E-state index contributed by atoms with van der Waals surface area (Å²) in [5.41, 5.74) is -0.134. The predicted octanol–water partition coefficient (Wildman–Crippen LogP) is 2.82. The Morgan fingerprint density at radius 2 is 1.93 bits per heavy atom. The quantitative estimate of drug-likeness (QED) is 0.630. The molecule has 0 aromatic carbocycles. The molecule has 0 heterocycles. The van der Waals surface area contributed by atoms with Crippen molar-refractivity contribution in [3.63, 3.8) is 0 Å². The molecule has 0 aliphatic heterocycles. The van der Waals surface area contributed by atoms with E-state index in [1.807, 2.05) is 20.8 Å². The van der Waals surface area contributed by atoms with E-state index in [2.05, 4.69) is 0 Å². The van der Waals surface area contributed by atoms with Crippen molar-refractivity contribution in [2.45, 2.75) is 40.3 Å². The van der Waals surface area contributed by atoms with Crippen LogP contribution < -0.4 is 0 Å². The SMILES string of the molecule is COC(=O)C1C(C)C(F)CC(C)(C)C1C. The second-order valence-corrected chi connectivity index (χ2v) is 5.41. The Labute approximate surface area is 91.2 Å². The lowest BCUT2D eigenvalue weighted by Crippen LogP contribution is -2.47. The van der Waals surface area contributed by atoms with Gasteiger partial charge in [0.05, 0.1) is 13.0 Å². The Morgan fingerprint density at radius 1 is 1.40 bits per heavy atom. The third kappa shape index (κ3) is 2.16. The van der Waals surface area contributed by atoms with Gasteiger partial charge in [0, 0.05) is 5.92 Å². The number of carbonyl (C=O) groups excluding carboxylic acids is 1. The first-order valence-corrected chi connectivity index (χ1v) is 5.53. The number of methoxy groups -OCH3 is 1. The van der Waals surface area contributed by atoms with Gasteiger partial charge in [-0.2, -0.15) is 0 Å². The molecule has 1 aliphatic rings. The van der Waals surface area contributed by atoms with Gasteiger partial charge in [-0.25, -0.2) is 4.39 Å². The molecule has 0 bridgehead atoms. The number of alkyl halides is 1. The van der Waals surface area contributed by atoms with E-state index in [9.17, 15) is 9.18 Å². The van der Waals surface area contributed by atoms with Gasteiger partial charge in [-0.3, -0.25) is 4.79 Å². The number of hydrogen-bond acceptors (Lipinski definition) is 2. The first-order chi connectivity index (χ1) is 6.81. The minimum atomic E-state index is -0.903. The third-order valence-corrected chi connectivity index (χ3v) is 4.10. The van der Waals surface area contributed by atoms with Crippen molar-refractivity contribution in [1.82, 2.24) is 0 Å². The van der Waals surface area contributed by atoms with Crippen LogP contribution in [-0.4, -0.2) is 19.3 Å². The van der Waals surface area contributed by atoms with E-state index in [0.29, 0.717) is 6.42 Å². The number of halogens is 1. The zero-order valence-corrected chi connectivity index (χ0v) is 10.2. The minimum absolute atomic E-state index is 0.134. The van der Waals surface area contributed by atoms with Gasteiger partial charge < -0.3 is 4.74 Å². The monoisotopic (exact) mass is 216 g/mol. The van der Waals surface area contributed by atoms with Crippen LogP contribution in [0, 0.1) is 23.2 Å². The fourth-order valence-electron chi connectivity index (χ4n) is 2.60. The molecule has 0 radical (unpaired) electrons. The molecule has 3 heteroatoms. The number of hydrogen-bond donors (Lipinski definition) is 0. The highest BCUT2D eigenvalue weighted by molar-refractivity contribution is 5.73. The molecule has 4 unspecified atom stereocenters. The van der Waals surface area contributed by atoms with Crippen LogP contribution in [0.25, 0.3) is 0 Å². The summed E-state index contributed by atoms with van der Waals surface area (Å²) in [4.78, 5) is 11.6. The summed E-state index contributed by atoms with van der Waals surface area (Å²) in [6.45, 7) is 7.86. The molecule has 15 heavy (non-hydrogen) atoms. The van der Waals surface area contributed by atoms with Crippen LogP contribution in [0.15, 0.2) is 0 Å². The number of ether oxygens (including phenoxy) is 1. The fraction of sp³-hybridized carbons (Fsp3) is 0.917. The maximum Gasteiger partial charge on any atom is 0.309 e. The summed E-state index contributed by atoms with van der Waals surface area (Å²) >= 11 is 0. The predicted molar refractivity (Wildman–Crippen MR) is 57.1 cm³/mol. The molecular formula is C12H21FO2. The van der Waals surface area contributed by atoms with Crippen LogP contribution in [-0.2, 0) is 9.53 Å². The smallest absolute Gasteiger partial charge is 0.309 e. The molecule has 1 rings (SSSR count). The molecule has 1 aliphatic carbocycles. The largest absolute Gasteiger partial charge is 0.469 e. The molecular weight excluding hydrogens is 195 g/mol. The summed E-state index contributed by atoms with van der Waals surface area (Å²) in [6.07, 6.45) is -0.372. The van der Waals surface area contributed by atoms with Gasteiger partial charge >= 0.3 is 5.97 Å². The lowest BCUT2D eigenvalue weighted by atomic mass is 9.60. The van der Waals surface area contributed by atoms with E-state index in [1.165, 1.54) is 7.11 Å². The molecule has 4 atom stereocenters. The zero-order valence-electron chi connectivity index (χ0n) is 10.2. The van der Waals surface area contributed by atoms with E-state index >= 15 is 0 Å². The Hall–Kier alpha value is -0.600. The molecule has 1 fully saturated rings. The Balaban J connectivity index is 2.95. The average molecular weight is 216 g/mol. The minimum Gasteiger partial charge on any atom is -0.469 e. The Bertz CT molecular complexity index is 250. The second kappa shape index (κ2) is 4.11. The topological polar surface area (TPSA) is 26.3 Å². The number of rotatable bonds is 1. The molecule has 0 saturated heterocycles. The van der Waals surface area contributed by atoms with Crippen molar-refractivity contribution < 1.29 is 13.9 Å². The molecule has 0 aromatic heterocycles. The van der Waals surface area contributed by atoms with Gasteiger partial charge in [0.25, 0.3) is 0 Å². The van der Waals surface area contributed by atoms with Gasteiger partial charge in [0.1, 0.15) is 6.17 Å². The van der Waals surface area contributed by atoms with E-state index < -0.39 is 6.17 Å². The lowest BCUT2D eigenvalue weighted by molar-refractivity contribution is -0.157. The maximum atomic E-state index is 13.8. The average Bonchev–Trinajstić information content (AvgIpc) is 2.14. The molecule has 1 saturated carbocycles. The summed E-state index contributed by atoms with van der Waals surface area (Å²) in [7, 11) is 1.37. The number of carbonyl (C=O) groups is 1. The van der Waals surface area contributed by atoms with Crippen molar-refractivity contribution >= 4 is 5.97 Å². The highest BCUT2D eigenvalue weighted by Gasteiger charge is 2.48. The van der Waals surface area contributed by atoms with Crippen molar-refractivity contribution in [2.75, 3.05) is 7.11 Å². The van der Waals surface area contributed by atoms with Crippen LogP contribution in [0.1, 0.15) is 34.1 Å². The van der Waals surface area contributed by atoms with E-state index in [4.69, 9.17) is 4.74 Å². The van der Waals surface area contributed by atoms with Crippen LogP contribution >= 0.6 is 0 Å². The Morgan fingerprint density at radius 3 is 2.40 bits per heavy atom. The molecule has 0 aromatic rings. The normalized spacial score (nSPS) is 39.9. The molecule has 0 amide bonds. The highest BCUT2D eigenvalue weighted by Crippen LogP contribution is 2.47. The van der Waals surface area contributed by atoms with Crippen LogP contribution in [0.3, 0.4) is 0 Å². The van der Waals surface area contributed by atoms with Crippen molar-refractivity contribution in [2.24, 2.45) is 23.2 Å². The third-order valence-electron chi connectivity index (χ3n) is 4.10. The summed E-state index contributed by atoms with van der Waals surface area (Å²) < 4.78 is 18.6. The molecule has 88 valence electrons. The molecule has 0 N–H and O–H groups in total. The number of esters is 1. The Kier molecular flexibility index (Phi) is 3.41. The van der Waals surface area contributed by atoms with E-state index in [0.717, 1.165) is 0 Å². The summed E-state index contributed by atoms with van der Waals surface area (Å²) in [5.74, 6) is -0.661. The standard InChI is InChI=1S/C12H21FO2/c1-7-9(13)6-12(3,4)8(2)10(7)11(14)15-5/h7-10H,6H2,1-5H3.